The van der Waals surface area contributed by atoms with Crippen LogP contribution in [0.4, 0.5) is 0 Å². The summed E-state index contributed by atoms with van der Waals surface area (Å²) in [5.41, 5.74) is 9.19. The fourth-order valence-electron chi connectivity index (χ4n) is 2.21. The van der Waals surface area contributed by atoms with E-state index in [9.17, 15) is 0 Å². The molecule has 2 rings (SSSR count). The maximum absolute atomic E-state index is 6.24. The topological polar surface area (TPSA) is 43.8 Å². The van der Waals surface area contributed by atoms with Gasteiger partial charge in [-0.2, -0.15) is 5.10 Å². The predicted molar refractivity (Wildman–Crippen MR) is 87.5 cm³/mol. The summed E-state index contributed by atoms with van der Waals surface area (Å²) in [6, 6.07) is 5.43. The molecule has 2 aromatic rings. The van der Waals surface area contributed by atoms with Gasteiger partial charge < -0.3 is 5.73 Å². The van der Waals surface area contributed by atoms with Gasteiger partial charge in [-0.25, -0.2) is 0 Å². The molecule has 0 aliphatic rings. The third-order valence-electron chi connectivity index (χ3n) is 3.25. The molecule has 1 atom stereocenters. The Morgan fingerprint density at radius 1 is 1.30 bits per heavy atom. The van der Waals surface area contributed by atoms with E-state index in [-0.39, 0.29) is 6.04 Å². The lowest BCUT2D eigenvalue weighted by molar-refractivity contribution is 0.611. The standard InChI is InChI=1S/C14H16BrCl2N3/c1-8-14(15)13(20(2)19-8)7-9(18)6-10-11(16)4-3-5-12(10)17/h3-5,9H,6-7,18H2,1-2H3. The summed E-state index contributed by atoms with van der Waals surface area (Å²) in [4.78, 5) is 0. The lowest BCUT2D eigenvalue weighted by Crippen LogP contribution is -2.27. The maximum atomic E-state index is 6.24. The number of hydrogen-bond donors (Lipinski definition) is 1. The molecule has 1 unspecified atom stereocenters. The lowest BCUT2D eigenvalue weighted by Gasteiger charge is -2.14. The van der Waals surface area contributed by atoms with E-state index in [1.807, 2.05) is 36.9 Å². The molecule has 1 aromatic carbocycles. The molecule has 0 aliphatic carbocycles. The van der Waals surface area contributed by atoms with Gasteiger partial charge in [0.05, 0.1) is 15.9 Å². The molecular formula is C14H16BrCl2N3. The number of nitrogens with two attached hydrogens (primary N) is 1. The molecule has 3 nitrogen and oxygen atoms in total. The summed E-state index contributed by atoms with van der Waals surface area (Å²) in [6.07, 6.45) is 1.34. The molecule has 0 saturated heterocycles. The van der Waals surface area contributed by atoms with E-state index in [2.05, 4.69) is 21.0 Å². The minimum absolute atomic E-state index is 0.0708. The van der Waals surface area contributed by atoms with Gasteiger partial charge in [-0.05, 0) is 47.0 Å². The molecule has 1 aromatic heterocycles. The van der Waals surface area contributed by atoms with E-state index >= 15 is 0 Å². The number of benzene rings is 1. The smallest absolute Gasteiger partial charge is 0.0738 e. The highest BCUT2D eigenvalue weighted by Gasteiger charge is 2.16. The first kappa shape index (κ1) is 15.8. The highest BCUT2D eigenvalue weighted by Crippen LogP contribution is 2.27. The molecule has 0 spiro atoms. The normalized spacial score (nSPS) is 12.7. The lowest BCUT2D eigenvalue weighted by atomic mass is 10.0. The molecular weight excluding hydrogens is 361 g/mol. The van der Waals surface area contributed by atoms with Crippen molar-refractivity contribution in [1.82, 2.24) is 9.78 Å². The Bertz CT molecular complexity index is 605. The molecule has 0 radical (unpaired) electrons. The van der Waals surface area contributed by atoms with Crippen LogP contribution in [0.15, 0.2) is 22.7 Å². The first-order valence-corrected chi connectivity index (χ1v) is 7.81. The number of rotatable bonds is 4. The van der Waals surface area contributed by atoms with Gasteiger partial charge in [0.2, 0.25) is 0 Å². The molecule has 0 aliphatic heterocycles. The monoisotopic (exact) mass is 375 g/mol. The van der Waals surface area contributed by atoms with Gasteiger partial charge in [-0.3, -0.25) is 4.68 Å². The van der Waals surface area contributed by atoms with Crippen molar-refractivity contribution in [3.8, 4) is 0 Å². The van der Waals surface area contributed by atoms with Gasteiger partial charge in [-0.1, -0.05) is 29.3 Å². The van der Waals surface area contributed by atoms with Crippen LogP contribution in [-0.2, 0) is 19.9 Å². The summed E-state index contributed by atoms with van der Waals surface area (Å²) in [5.74, 6) is 0. The zero-order chi connectivity index (χ0) is 14.9. The molecule has 2 N–H and O–H groups in total. The van der Waals surface area contributed by atoms with Crippen LogP contribution in [0.3, 0.4) is 0 Å². The minimum Gasteiger partial charge on any atom is -0.327 e. The third-order valence-corrected chi connectivity index (χ3v) is 4.98. The third kappa shape index (κ3) is 3.37. The molecule has 0 amide bonds. The average Bonchev–Trinajstić information content (AvgIpc) is 2.61. The quantitative estimate of drug-likeness (QED) is 0.878. The van der Waals surface area contributed by atoms with Crippen LogP contribution in [0.25, 0.3) is 0 Å². The molecule has 108 valence electrons. The van der Waals surface area contributed by atoms with Gasteiger partial charge >= 0.3 is 0 Å². The molecule has 0 fully saturated rings. The van der Waals surface area contributed by atoms with E-state index < -0.39 is 0 Å². The summed E-state index contributed by atoms with van der Waals surface area (Å²) in [6.45, 7) is 1.96. The molecule has 0 bridgehead atoms. The predicted octanol–water partition coefficient (Wildman–Crippen LogP) is 3.91. The van der Waals surface area contributed by atoms with E-state index in [1.165, 1.54) is 0 Å². The van der Waals surface area contributed by atoms with Crippen molar-refractivity contribution in [3.63, 3.8) is 0 Å². The zero-order valence-corrected chi connectivity index (χ0v) is 14.4. The van der Waals surface area contributed by atoms with Crippen LogP contribution in [-0.4, -0.2) is 15.8 Å². The van der Waals surface area contributed by atoms with E-state index in [0.717, 1.165) is 21.4 Å². The van der Waals surface area contributed by atoms with Gasteiger partial charge in [0.1, 0.15) is 0 Å². The number of aryl methyl sites for hydroxylation is 2. The summed E-state index contributed by atoms with van der Waals surface area (Å²) >= 11 is 15.9. The maximum Gasteiger partial charge on any atom is 0.0738 e. The largest absolute Gasteiger partial charge is 0.327 e. The van der Waals surface area contributed by atoms with Gasteiger partial charge in [0, 0.05) is 29.6 Å². The molecule has 20 heavy (non-hydrogen) atoms. The van der Waals surface area contributed by atoms with Crippen molar-refractivity contribution in [3.05, 3.63) is 49.7 Å². The van der Waals surface area contributed by atoms with Gasteiger partial charge in [-0.15, -0.1) is 0 Å². The second-order valence-corrected chi connectivity index (χ2v) is 6.45. The second-order valence-electron chi connectivity index (χ2n) is 4.84. The number of nitrogens with zero attached hydrogens (tertiary/aromatic N) is 2. The van der Waals surface area contributed by atoms with Crippen molar-refractivity contribution in [2.24, 2.45) is 12.8 Å². The van der Waals surface area contributed by atoms with Crippen molar-refractivity contribution >= 4 is 39.1 Å². The van der Waals surface area contributed by atoms with Crippen molar-refractivity contribution in [2.75, 3.05) is 0 Å². The highest BCUT2D eigenvalue weighted by molar-refractivity contribution is 9.10. The number of aromatic nitrogens is 2. The Morgan fingerprint density at radius 2 is 1.90 bits per heavy atom. The SMILES string of the molecule is Cc1nn(C)c(CC(N)Cc2c(Cl)cccc2Cl)c1Br. The first-order valence-electron chi connectivity index (χ1n) is 6.26. The van der Waals surface area contributed by atoms with Crippen LogP contribution in [0.1, 0.15) is 17.0 Å². The number of halogens is 3. The fraction of sp³-hybridized carbons (Fsp3) is 0.357. The Hall–Kier alpha value is -0.550. The van der Waals surface area contributed by atoms with Crippen molar-refractivity contribution in [1.29, 1.82) is 0 Å². The molecule has 6 heteroatoms. The Morgan fingerprint density at radius 3 is 2.40 bits per heavy atom. The highest BCUT2D eigenvalue weighted by atomic mass is 79.9. The van der Waals surface area contributed by atoms with E-state index in [0.29, 0.717) is 22.9 Å². The Labute approximate surface area is 137 Å². The Kier molecular flexibility index (Phi) is 5.13. The van der Waals surface area contributed by atoms with Crippen LogP contribution in [0, 0.1) is 6.92 Å². The van der Waals surface area contributed by atoms with Crippen LogP contribution < -0.4 is 5.73 Å². The summed E-state index contributed by atoms with van der Waals surface area (Å²) in [5, 5.41) is 5.69. The van der Waals surface area contributed by atoms with Gasteiger partial charge in [0.15, 0.2) is 0 Å². The van der Waals surface area contributed by atoms with Crippen molar-refractivity contribution < 1.29 is 0 Å². The zero-order valence-electron chi connectivity index (χ0n) is 11.3. The number of hydrogen-bond acceptors (Lipinski definition) is 2. The minimum atomic E-state index is -0.0708. The summed E-state index contributed by atoms with van der Waals surface area (Å²) in [7, 11) is 1.92. The molecule has 1 heterocycles. The van der Waals surface area contributed by atoms with Crippen molar-refractivity contribution in [2.45, 2.75) is 25.8 Å². The fourth-order valence-corrected chi connectivity index (χ4v) is 3.26. The van der Waals surface area contributed by atoms with Gasteiger partial charge in [0.25, 0.3) is 0 Å². The van der Waals surface area contributed by atoms with Crippen LogP contribution >= 0.6 is 39.1 Å². The Balaban J connectivity index is 2.15. The first-order chi connectivity index (χ1) is 9.40. The second kappa shape index (κ2) is 6.48. The molecule has 0 saturated carbocycles. The van der Waals surface area contributed by atoms with E-state index in [4.69, 9.17) is 28.9 Å². The van der Waals surface area contributed by atoms with Crippen LogP contribution in [0.2, 0.25) is 10.0 Å². The van der Waals surface area contributed by atoms with Crippen LogP contribution in [0.5, 0.6) is 0 Å². The summed E-state index contributed by atoms with van der Waals surface area (Å²) < 4.78 is 2.87. The van der Waals surface area contributed by atoms with E-state index in [1.54, 1.807) is 0 Å². The average molecular weight is 377 g/mol.